The van der Waals surface area contributed by atoms with Gasteiger partial charge < -0.3 is 14.2 Å². The molecule has 9 heteroatoms. The minimum Gasteiger partial charge on any atom is -0.391 e. The summed E-state index contributed by atoms with van der Waals surface area (Å²) < 4.78 is 13.7. The fraction of sp³-hybridized carbons (Fsp3) is 0.333. The van der Waals surface area contributed by atoms with Crippen LogP contribution in [0.1, 0.15) is 20.8 Å². The Kier molecular flexibility index (Phi) is 4.24. The Bertz CT molecular complexity index is 417. The van der Waals surface area contributed by atoms with Gasteiger partial charge in [0, 0.05) is 20.8 Å². The van der Waals surface area contributed by atoms with Crippen molar-refractivity contribution in [3.05, 3.63) is 0 Å². The molecule has 96 valence electrons. The number of esters is 3. The average molecular weight is 255 g/mol. The lowest BCUT2D eigenvalue weighted by atomic mass is 10.8. The molecule has 0 bridgehead atoms. The van der Waals surface area contributed by atoms with Gasteiger partial charge in [0.05, 0.1) is 0 Å². The maximum Gasteiger partial charge on any atom is 0.333 e. The second-order valence-corrected chi connectivity index (χ2v) is 2.96. The van der Waals surface area contributed by atoms with Crippen molar-refractivity contribution in [2.75, 3.05) is 0 Å². The van der Waals surface area contributed by atoms with Crippen molar-refractivity contribution in [1.29, 1.82) is 0 Å². The van der Waals surface area contributed by atoms with Crippen LogP contribution in [0.5, 0.6) is 18.0 Å². The third-order valence-corrected chi connectivity index (χ3v) is 1.28. The van der Waals surface area contributed by atoms with Crippen molar-refractivity contribution in [3.63, 3.8) is 0 Å². The highest BCUT2D eigenvalue weighted by atomic mass is 16.6. The van der Waals surface area contributed by atoms with Crippen molar-refractivity contribution in [1.82, 2.24) is 15.0 Å². The smallest absolute Gasteiger partial charge is 0.333 e. The molecule has 0 saturated carbocycles. The number of carbonyl (C=O) groups is 3. The molecule has 0 N–H and O–H groups in total. The van der Waals surface area contributed by atoms with E-state index < -0.39 is 35.9 Å². The van der Waals surface area contributed by atoms with Crippen LogP contribution in [0.3, 0.4) is 0 Å². The topological polar surface area (TPSA) is 118 Å². The highest BCUT2D eigenvalue weighted by molar-refractivity contribution is 5.70. The standard InChI is InChI=1S/C9H9N3O6/c1-4(13)16-7-10-8(17-5(2)14)12-9(11-7)18-6(3)15/h1-3H3. The number of ether oxygens (including phenoxy) is 3. The minimum atomic E-state index is -0.691. The molecule has 0 aliphatic heterocycles. The van der Waals surface area contributed by atoms with Crippen molar-refractivity contribution in [3.8, 4) is 18.0 Å². The molecule has 0 aliphatic carbocycles. The van der Waals surface area contributed by atoms with Gasteiger partial charge in [-0.05, 0) is 0 Å². The predicted molar refractivity (Wildman–Crippen MR) is 53.8 cm³/mol. The van der Waals surface area contributed by atoms with E-state index in [2.05, 4.69) is 29.2 Å². The van der Waals surface area contributed by atoms with Crippen molar-refractivity contribution in [2.24, 2.45) is 0 Å². The molecule has 0 atom stereocenters. The number of rotatable bonds is 3. The third kappa shape index (κ3) is 4.51. The Hall–Kier alpha value is -2.58. The zero-order valence-electron chi connectivity index (χ0n) is 9.79. The zero-order chi connectivity index (χ0) is 13.7. The second-order valence-electron chi connectivity index (χ2n) is 2.96. The van der Waals surface area contributed by atoms with E-state index in [4.69, 9.17) is 0 Å². The molecule has 0 saturated heterocycles. The Morgan fingerprint density at radius 3 is 1.06 bits per heavy atom. The highest BCUT2D eigenvalue weighted by Crippen LogP contribution is 2.15. The fourth-order valence-corrected chi connectivity index (χ4v) is 0.843. The first kappa shape index (κ1) is 13.5. The van der Waals surface area contributed by atoms with Gasteiger partial charge in [-0.25, -0.2) is 0 Å². The monoisotopic (exact) mass is 255 g/mol. The predicted octanol–water partition coefficient (Wildman–Crippen LogP) is -0.353. The molecule has 0 amide bonds. The molecule has 9 nitrogen and oxygen atoms in total. The van der Waals surface area contributed by atoms with Gasteiger partial charge in [0.25, 0.3) is 0 Å². The van der Waals surface area contributed by atoms with Gasteiger partial charge in [-0.1, -0.05) is 0 Å². The van der Waals surface area contributed by atoms with Crippen LogP contribution < -0.4 is 14.2 Å². The summed E-state index contributed by atoms with van der Waals surface area (Å²) in [5.74, 6) is -2.07. The molecule has 0 spiro atoms. The second kappa shape index (κ2) is 5.66. The normalized spacial score (nSPS) is 9.50. The molecule has 0 unspecified atom stereocenters. The number of hydrogen-bond acceptors (Lipinski definition) is 9. The molecular weight excluding hydrogens is 246 g/mol. The lowest BCUT2D eigenvalue weighted by Gasteiger charge is -2.04. The molecule has 0 radical (unpaired) electrons. The van der Waals surface area contributed by atoms with Crippen LogP contribution in [0.25, 0.3) is 0 Å². The quantitative estimate of drug-likeness (QED) is 0.667. The van der Waals surface area contributed by atoms with Gasteiger partial charge in [0.1, 0.15) is 0 Å². The summed E-state index contributed by atoms with van der Waals surface area (Å²) in [5.41, 5.74) is 0. The summed E-state index contributed by atoms with van der Waals surface area (Å²) in [6, 6.07) is -1.32. The first-order valence-electron chi connectivity index (χ1n) is 4.68. The lowest BCUT2D eigenvalue weighted by molar-refractivity contribution is -0.132. The molecule has 0 aliphatic rings. The minimum absolute atomic E-state index is 0.440. The number of aromatic nitrogens is 3. The highest BCUT2D eigenvalue weighted by Gasteiger charge is 2.14. The largest absolute Gasteiger partial charge is 0.391 e. The number of nitrogens with zero attached hydrogens (tertiary/aromatic N) is 3. The molecule has 0 aromatic carbocycles. The molecule has 1 rings (SSSR count). The van der Waals surface area contributed by atoms with Crippen LogP contribution in [-0.4, -0.2) is 32.9 Å². The number of hydrogen-bond donors (Lipinski definition) is 0. The van der Waals surface area contributed by atoms with E-state index >= 15 is 0 Å². The van der Waals surface area contributed by atoms with Gasteiger partial charge in [-0.3, -0.25) is 14.4 Å². The summed E-state index contributed by atoms with van der Waals surface area (Å²) in [6.07, 6.45) is 0. The summed E-state index contributed by atoms with van der Waals surface area (Å²) in [5, 5.41) is 0. The summed E-state index contributed by atoms with van der Waals surface area (Å²) in [4.78, 5) is 42.8. The van der Waals surface area contributed by atoms with E-state index in [0.29, 0.717) is 0 Å². The Morgan fingerprint density at radius 2 is 0.889 bits per heavy atom. The SMILES string of the molecule is CC(=O)Oc1nc(OC(C)=O)nc(OC(C)=O)n1. The van der Waals surface area contributed by atoms with Crippen LogP contribution in [-0.2, 0) is 14.4 Å². The van der Waals surface area contributed by atoms with Gasteiger partial charge in [0.2, 0.25) is 0 Å². The average Bonchev–Trinajstić information content (AvgIpc) is 2.12. The Balaban J connectivity index is 3.06. The van der Waals surface area contributed by atoms with Crippen LogP contribution in [0.4, 0.5) is 0 Å². The first-order chi connectivity index (χ1) is 8.36. The van der Waals surface area contributed by atoms with Crippen LogP contribution in [0.2, 0.25) is 0 Å². The van der Waals surface area contributed by atoms with Crippen molar-refractivity contribution in [2.45, 2.75) is 20.8 Å². The molecule has 1 aromatic heterocycles. The third-order valence-electron chi connectivity index (χ3n) is 1.28. The van der Waals surface area contributed by atoms with E-state index in [0.717, 1.165) is 20.8 Å². The molecule has 1 aromatic rings. The van der Waals surface area contributed by atoms with Crippen LogP contribution >= 0.6 is 0 Å². The lowest BCUT2D eigenvalue weighted by Crippen LogP contribution is -2.12. The van der Waals surface area contributed by atoms with E-state index in [1.807, 2.05) is 0 Å². The molecule has 18 heavy (non-hydrogen) atoms. The zero-order valence-corrected chi connectivity index (χ0v) is 9.79. The summed E-state index contributed by atoms with van der Waals surface area (Å²) >= 11 is 0. The maximum absolute atomic E-state index is 10.7. The van der Waals surface area contributed by atoms with Gasteiger partial charge >= 0.3 is 35.9 Å². The molecule has 0 fully saturated rings. The van der Waals surface area contributed by atoms with Crippen molar-refractivity contribution < 1.29 is 28.6 Å². The van der Waals surface area contributed by atoms with Gasteiger partial charge in [-0.15, -0.1) is 15.0 Å². The first-order valence-corrected chi connectivity index (χ1v) is 4.68. The van der Waals surface area contributed by atoms with Crippen LogP contribution in [0, 0.1) is 0 Å². The van der Waals surface area contributed by atoms with Crippen LogP contribution in [0.15, 0.2) is 0 Å². The molecular formula is C9H9N3O6. The van der Waals surface area contributed by atoms with E-state index in [1.165, 1.54) is 0 Å². The maximum atomic E-state index is 10.7. The summed E-state index contributed by atoms with van der Waals surface area (Å²) in [6.45, 7) is 3.38. The summed E-state index contributed by atoms with van der Waals surface area (Å²) in [7, 11) is 0. The van der Waals surface area contributed by atoms with Gasteiger partial charge in [0.15, 0.2) is 0 Å². The van der Waals surface area contributed by atoms with E-state index in [1.54, 1.807) is 0 Å². The molecule has 1 heterocycles. The fourth-order valence-electron chi connectivity index (χ4n) is 0.843. The Morgan fingerprint density at radius 1 is 0.667 bits per heavy atom. The Labute approximate surface area is 101 Å². The number of carbonyl (C=O) groups excluding carboxylic acids is 3. The van der Waals surface area contributed by atoms with Gasteiger partial charge in [-0.2, -0.15) is 0 Å². The van der Waals surface area contributed by atoms with Crippen molar-refractivity contribution >= 4 is 17.9 Å². The van der Waals surface area contributed by atoms with E-state index in [9.17, 15) is 14.4 Å². The van der Waals surface area contributed by atoms with E-state index in [-0.39, 0.29) is 0 Å².